The average Bonchev–Trinajstić information content (AvgIpc) is 2.14. The van der Waals surface area contributed by atoms with Crippen molar-refractivity contribution in [1.82, 2.24) is 5.32 Å². The normalized spacial score (nSPS) is 14.0. The molecule has 1 amide bonds. The fourth-order valence-corrected chi connectivity index (χ4v) is 1.03. The Labute approximate surface area is 80.4 Å². The van der Waals surface area contributed by atoms with E-state index in [-0.39, 0.29) is 11.9 Å². The number of hydrogen-bond donors (Lipinski definition) is 2. The van der Waals surface area contributed by atoms with Gasteiger partial charge >= 0.3 is 0 Å². The molecule has 1 unspecified atom stereocenters. The highest BCUT2D eigenvalue weighted by Gasteiger charge is 2.08. The molecule has 0 aliphatic carbocycles. The van der Waals surface area contributed by atoms with E-state index in [9.17, 15) is 4.79 Å². The summed E-state index contributed by atoms with van der Waals surface area (Å²) in [4.78, 5) is 11.4. The zero-order valence-corrected chi connectivity index (χ0v) is 8.76. The Balaban J connectivity index is 4.05. The van der Waals surface area contributed by atoms with Gasteiger partial charge < -0.3 is 11.1 Å². The first-order chi connectivity index (χ1) is 6.15. The number of carbonyl (C=O) groups excluding carboxylic acids is 1. The molecule has 3 N–H and O–H groups in total. The van der Waals surface area contributed by atoms with Gasteiger partial charge in [-0.3, -0.25) is 4.79 Å². The second-order valence-corrected chi connectivity index (χ2v) is 3.11. The van der Waals surface area contributed by atoms with Crippen LogP contribution in [0.25, 0.3) is 0 Å². The third kappa shape index (κ3) is 4.68. The molecule has 0 aromatic heterocycles. The van der Waals surface area contributed by atoms with Gasteiger partial charge in [0, 0.05) is 18.2 Å². The quantitative estimate of drug-likeness (QED) is 0.631. The molecule has 0 aliphatic rings. The van der Waals surface area contributed by atoms with Gasteiger partial charge in [0.05, 0.1) is 0 Å². The zero-order valence-electron chi connectivity index (χ0n) is 8.76. The Hall–Kier alpha value is -0.830. The summed E-state index contributed by atoms with van der Waals surface area (Å²) < 4.78 is 0. The first kappa shape index (κ1) is 12.2. The lowest BCUT2D eigenvalue weighted by molar-refractivity contribution is -0.118. The minimum absolute atomic E-state index is 0.000787. The van der Waals surface area contributed by atoms with Crippen molar-refractivity contribution in [2.24, 2.45) is 5.73 Å². The summed E-state index contributed by atoms with van der Waals surface area (Å²) in [7, 11) is 0. The SMILES string of the molecule is CCC=C(C)C(=O)NC(CC)CN. The molecule has 0 bridgehead atoms. The number of amides is 1. The summed E-state index contributed by atoms with van der Waals surface area (Å²) in [5, 5.41) is 2.87. The van der Waals surface area contributed by atoms with Crippen LogP contribution in [0.5, 0.6) is 0 Å². The van der Waals surface area contributed by atoms with Crippen LogP contribution in [-0.4, -0.2) is 18.5 Å². The van der Waals surface area contributed by atoms with Crippen molar-refractivity contribution in [2.45, 2.75) is 39.7 Å². The maximum Gasteiger partial charge on any atom is 0.246 e. The number of allylic oxidation sites excluding steroid dienone is 1. The molecule has 0 radical (unpaired) electrons. The largest absolute Gasteiger partial charge is 0.348 e. The second kappa shape index (κ2) is 6.66. The van der Waals surface area contributed by atoms with Gasteiger partial charge in [0.15, 0.2) is 0 Å². The first-order valence-corrected chi connectivity index (χ1v) is 4.83. The molecular weight excluding hydrogens is 164 g/mol. The summed E-state index contributed by atoms with van der Waals surface area (Å²) in [5.74, 6) is -0.000787. The minimum atomic E-state index is -0.000787. The second-order valence-electron chi connectivity index (χ2n) is 3.11. The summed E-state index contributed by atoms with van der Waals surface area (Å²) in [6.45, 7) is 6.34. The van der Waals surface area contributed by atoms with Crippen molar-refractivity contribution in [3.8, 4) is 0 Å². The number of rotatable bonds is 5. The van der Waals surface area contributed by atoms with Crippen molar-refractivity contribution in [2.75, 3.05) is 6.54 Å². The van der Waals surface area contributed by atoms with Crippen LogP contribution >= 0.6 is 0 Å². The molecule has 13 heavy (non-hydrogen) atoms. The van der Waals surface area contributed by atoms with Crippen LogP contribution in [0.3, 0.4) is 0 Å². The molecule has 0 aromatic rings. The van der Waals surface area contributed by atoms with Crippen molar-refractivity contribution >= 4 is 5.91 Å². The van der Waals surface area contributed by atoms with E-state index in [1.807, 2.05) is 26.8 Å². The highest BCUT2D eigenvalue weighted by molar-refractivity contribution is 5.92. The average molecular weight is 184 g/mol. The molecule has 0 saturated carbocycles. The van der Waals surface area contributed by atoms with E-state index in [1.54, 1.807) is 0 Å². The van der Waals surface area contributed by atoms with E-state index in [2.05, 4.69) is 5.32 Å². The summed E-state index contributed by atoms with van der Waals surface area (Å²) in [5.41, 5.74) is 6.24. The van der Waals surface area contributed by atoms with Crippen molar-refractivity contribution in [3.05, 3.63) is 11.6 Å². The molecule has 0 rings (SSSR count). The fourth-order valence-electron chi connectivity index (χ4n) is 1.03. The lowest BCUT2D eigenvalue weighted by Crippen LogP contribution is -2.40. The lowest BCUT2D eigenvalue weighted by Gasteiger charge is -2.14. The number of hydrogen-bond acceptors (Lipinski definition) is 2. The maximum atomic E-state index is 11.4. The maximum absolute atomic E-state index is 11.4. The number of nitrogens with two attached hydrogens (primary N) is 1. The predicted octanol–water partition coefficient (Wildman–Crippen LogP) is 1.20. The molecule has 0 heterocycles. The van der Waals surface area contributed by atoms with Crippen LogP contribution in [0.4, 0.5) is 0 Å². The van der Waals surface area contributed by atoms with E-state index >= 15 is 0 Å². The molecule has 76 valence electrons. The Kier molecular flexibility index (Phi) is 6.24. The predicted molar refractivity (Wildman–Crippen MR) is 55.3 cm³/mol. The van der Waals surface area contributed by atoms with Gasteiger partial charge in [-0.1, -0.05) is 19.9 Å². The highest BCUT2D eigenvalue weighted by Crippen LogP contribution is 1.97. The molecule has 3 heteroatoms. The minimum Gasteiger partial charge on any atom is -0.348 e. The van der Waals surface area contributed by atoms with E-state index in [0.29, 0.717) is 6.54 Å². The van der Waals surface area contributed by atoms with Gasteiger partial charge in [-0.2, -0.15) is 0 Å². The van der Waals surface area contributed by atoms with E-state index in [0.717, 1.165) is 18.4 Å². The van der Waals surface area contributed by atoms with Crippen LogP contribution in [0.1, 0.15) is 33.6 Å². The van der Waals surface area contributed by atoms with Crippen molar-refractivity contribution in [1.29, 1.82) is 0 Å². The standard InChI is InChI=1S/C10H20N2O/c1-4-6-8(3)10(13)12-9(5-2)7-11/h6,9H,4-5,7,11H2,1-3H3,(H,12,13). The number of carbonyl (C=O) groups is 1. The van der Waals surface area contributed by atoms with Crippen molar-refractivity contribution < 1.29 is 4.79 Å². The lowest BCUT2D eigenvalue weighted by atomic mass is 10.2. The molecule has 0 saturated heterocycles. The van der Waals surface area contributed by atoms with E-state index in [1.165, 1.54) is 0 Å². The molecule has 0 aliphatic heterocycles. The Bertz CT molecular complexity index is 183. The Morgan fingerprint density at radius 1 is 1.54 bits per heavy atom. The third-order valence-electron chi connectivity index (χ3n) is 1.98. The smallest absolute Gasteiger partial charge is 0.246 e. The molecule has 0 aromatic carbocycles. The highest BCUT2D eigenvalue weighted by atomic mass is 16.1. The van der Waals surface area contributed by atoms with Gasteiger partial charge in [0.1, 0.15) is 0 Å². The van der Waals surface area contributed by atoms with Gasteiger partial charge in [0.25, 0.3) is 0 Å². The molecular formula is C10H20N2O. The van der Waals surface area contributed by atoms with Gasteiger partial charge in [-0.25, -0.2) is 0 Å². The van der Waals surface area contributed by atoms with E-state index in [4.69, 9.17) is 5.73 Å². The molecule has 1 atom stereocenters. The van der Waals surface area contributed by atoms with E-state index < -0.39 is 0 Å². The third-order valence-corrected chi connectivity index (χ3v) is 1.98. The van der Waals surface area contributed by atoms with Crippen LogP contribution in [0.15, 0.2) is 11.6 Å². The zero-order chi connectivity index (χ0) is 10.3. The van der Waals surface area contributed by atoms with Crippen LogP contribution in [0.2, 0.25) is 0 Å². The monoisotopic (exact) mass is 184 g/mol. The fraction of sp³-hybridized carbons (Fsp3) is 0.700. The summed E-state index contributed by atoms with van der Waals surface area (Å²) >= 11 is 0. The molecule has 3 nitrogen and oxygen atoms in total. The topological polar surface area (TPSA) is 55.1 Å². The Morgan fingerprint density at radius 3 is 2.54 bits per heavy atom. The molecule has 0 spiro atoms. The van der Waals surface area contributed by atoms with Crippen molar-refractivity contribution in [3.63, 3.8) is 0 Å². The van der Waals surface area contributed by atoms with Crippen LogP contribution in [0, 0.1) is 0 Å². The molecule has 0 fully saturated rings. The van der Waals surface area contributed by atoms with Crippen LogP contribution in [-0.2, 0) is 4.79 Å². The number of nitrogens with one attached hydrogen (secondary N) is 1. The summed E-state index contributed by atoms with van der Waals surface area (Å²) in [6, 6.07) is 0.104. The van der Waals surface area contributed by atoms with Gasteiger partial charge in [-0.05, 0) is 19.8 Å². The van der Waals surface area contributed by atoms with Gasteiger partial charge in [-0.15, -0.1) is 0 Å². The summed E-state index contributed by atoms with van der Waals surface area (Å²) in [6.07, 6.45) is 3.68. The Morgan fingerprint density at radius 2 is 2.15 bits per heavy atom. The first-order valence-electron chi connectivity index (χ1n) is 4.83. The van der Waals surface area contributed by atoms with Crippen LogP contribution < -0.4 is 11.1 Å². The van der Waals surface area contributed by atoms with Gasteiger partial charge in [0.2, 0.25) is 5.91 Å².